The van der Waals surface area contributed by atoms with Gasteiger partial charge < -0.3 is 58.7 Å². The van der Waals surface area contributed by atoms with E-state index in [0.29, 0.717) is 12.8 Å². The largest absolute Gasteiger partial charge is 0.508 e. The number of methoxy groups -OCH3 is 3. The van der Waals surface area contributed by atoms with Crippen LogP contribution in [0, 0.1) is 11.8 Å². The van der Waals surface area contributed by atoms with Crippen molar-refractivity contribution in [1.82, 2.24) is 0 Å². The zero-order chi connectivity index (χ0) is 34.3. The van der Waals surface area contributed by atoms with E-state index in [9.17, 15) is 35.1 Å². The molecule has 0 saturated carbocycles. The molecule has 3 aliphatic rings. The van der Waals surface area contributed by atoms with Gasteiger partial charge in [0.1, 0.15) is 35.9 Å². The van der Waals surface area contributed by atoms with Gasteiger partial charge in [-0.25, -0.2) is 4.79 Å². The number of benzene rings is 1. The van der Waals surface area contributed by atoms with Gasteiger partial charge in [-0.1, -0.05) is 18.2 Å². The normalized spacial score (nSPS) is 33.7. The molecule has 3 aliphatic heterocycles. The predicted octanol–water partition coefficient (Wildman–Crippen LogP) is 0.859. The Bertz CT molecular complexity index is 1230. The smallest absolute Gasteiger partial charge is 0.337 e. The van der Waals surface area contributed by atoms with Crippen LogP contribution in [0.1, 0.15) is 37.7 Å². The van der Waals surface area contributed by atoms with Gasteiger partial charge in [0.25, 0.3) is 0 Å². The molecule has 4 rings (SSSR count). The standard InChI is InChI=1S/C33H46O14/c1-5-23-24(25(30(40)41-2)17-44-31(23)47-32-29(39)28(38)27(37)26(16-34)46-32)13-22-15-33(42-3,43-4)14-21(45-22)12-20(36)11-8-18-6-9-19(35)10-7-18/h5-7,9-10,17,21-24,26-29,31-32,34-35,37-39H,1,8,11-16H2,2-4H3. The number of hydrogen-bond acceptors (Lipinski definition) is 14. The molecule has 3 heterocycles. The van der Waals surface area contributed by atoms with Gasteiger partial charge in [-0.2, -0.15) is 0 Å². The molecule has 2 saturated heterocycles. The number of phenolic OH excluding ortho intramolecular Hbond substituents is 1. The number of aliphatic hydroxyl groups excluding tert-OH is 4. The van der Waals surface area contributed by atoms with E-state index < -0.39 is 79.4 Å². The van der Waals surface area contributed by atoms with Gasteiger partial charge in [0.15, 0.2) is 12.1 Å². The third-order valence-corrected chi connectivity index (χ3v) is 9.12. The maximum Gasteiger partial charge on any atom is 0.337 e. The van der Waals surface area contributed by atoms with Gasteiger partial charge in [-0.05, 0) is 30.5 Å². The van der Waals surface area contributed by atoms with Crippen molar-refractivity contribution in [3.63, 3.8) is 0 Å². The van der Waals surface area contributed by atoms with Crippen molar-refractivity contribution in [1.29, 1.82) is 0 Å². The Hall–Kier alpha value is -2.92. The van der Waals surface area contributed by atoms with Crippen molar-refractivity contribution in [2.75, 3.05) is 27.9 Å². The summed E-state index contributed by atoms with van der Waals surface area (Å²) >= 11 is 0. The van der Waals surface area contributed by atoms with Crippen LogP contribution < -0.4 is 0 Å². The van der Waals surface area contributed by atoms with E-state index in [4.69, 9.17) is 33.2 Å². The van der Waals surface area contributed by atoms with Crippen molar-refractivity contribution in [3.8, 4) is 5.75 Å². The number of carbonyl (C=O) groups excluding carboxylic acids is 2. The summed E-state index contributed by atoms with van der Waals surface area (Å²) in [5.41, 5.74) is 1.08. The molecular formula is C33H46O14. The maximum atomic E-state index is 13.1. The molecule has 14 nitrogen and oxygen atoms in total. The lowest BCUT2D eigenvalue weighted by Crippen LogP contribution is -2.60. The summed E-state index contributed by atoms with van der Waals surface area (Å²) in [5, 5.41) is 50.0. The second kappa shape index (κ2) is 16.5. The molecule has 262 valence electrons. The van der Waals surface area contributed by atoms with Crippen LogP contribution in [0.15, 0.2) is 48.8 Å². The van der Waals surface area contributed by atoms with Gasteiger partial charge in [0.05, 0.1) is 37.8 Å². The third kappa shape index (κ3) is 8.76. The first kappa shape index (κ1) is 36.9. The SMILES string of the molecule is C=CC1C(OC2OC(CO)C(O)C(O)C2O)OC=C(C(=O)OC)C1CC1CC(OC)(OC)CC(CC(=O)CCc2ccc(O)cc2)O1. The lowest BCUT2D eigenvalue weighted by Gasteiger charge is -2.45. The van der Waals surface area contributed by atoms with E-state index in [1.165, 1.54) is 33.7 Å². The van der Waals surface area contributed by atoms with Crippen LogP contribution in [0.3, 0.4) is 0 Å². The van der Waals surface area contributed by atoms with Gasteiger partial charge in [-0.15, -0.1) is 6.58 Å². The molecule has 10 unspecified atom stereocenters. The molecule has 0 amide bonds. The number of carbonyl (C=O) groups is 2. The lowest BCUT2D eigenvalue weighted by molar-refractivity contribution is -0.339. The average molecular weight is 667 g/mol. The molecule has 2 fully saturated rings. The highest BCUT2D eigenvalue weighted by Crippen LogP contribution is 2.42. The van der Waals surface area contributed by atoms with Crippen molar-refractivity contribution in [3.05, 3.63) is 54.3 Å². The summed E-state index contributed by atoms with van der Waals surface area (Å²) in [4.78, 5) is 26.0. The molecule has 1 aromatic carbocycles. The quantitative estimate of drug-likeness (QED) is 0.106. The van der Waals surface area contributed by atoms with Crippen LogP contribution in [0.25, 0.3) is 0 Å². The molecule has 47 heavy (non-hydrogen) atoms. The molecule has 0 aromatic heterocycles. The first-order valence-corrected chi connectivity index (χ1v) is 15.6. The van der Waals surface area contributed by atoms with Gasteiger partial charge >= 0.3 is 5.97 Å². The Balaban J connectivity index is 1.51. The van der Waals surface area contributed by atoms with Crippen molar-refractivity contribution < 1.29 is 68.3 Å². The number of hydrogen-bond donors (Lipinski definition) is 5. The fourth-order valence-electron chi connectivity index (χ4n) is 6.43. The Labute approximate surface area is 273 Å². The topological polar surface area (TPSA) is 200 Å². The Kier molecular flexibility index (Phi) is 12.9. The highest BCUT2D eigenvalue weighted by atomic mass is 16.8. The minimum absolute atomic E-state index is 0.0250. The van der Waals surface area contributed by atoms with Gasteiger partial charge in [0.2, 0.25) is 6.29 Å². The van der Waals surface area contributed by atoms with Crippen LogP contribution in [-0.2, 0) is 49.2 Å². The fourth-order valence-corrected chi connectivity index (χ4v) is 6.43. The maximum absolute atomic E-state index is 13.1. The third-order valence-electron chi connectivity index (χ3n) is 9.12. The molecular weight excluding hydrogens is 620 g/mol. The number of phenols is 1. The number of ether oxygens (including phenoxy) is 7. The molecule has 0 spiro atoms. The van der Waals surface area contributed by atoms with Crippen LogP contribution >= 0.6 is 0 Å². The molecule has 1 aromatic rings. The second-order valence-electron chi connectivity index (χ2n) is 12.1. The summed E-state index contributed by atoms with van der Waals surface area (Å²) in [6, 6.07) is 6.68. The van der Waals surface area contributed by atoms with Crippen LogP contribution in [0.2, 0.25) is 0 Å². The zero-order valence-corrected chi connectivity index (χ0v) is 26.8. The lowest BCUT2D eigenvalue weighted by atomic mass is 9.78. The summed E-state index contributed by atoms with van der Waals surface area (Å²) in [7, 11) is 4.26. The van der Waals surface area contributed by atoms with E-state index in [1.807, 2.05) is 0 Å². The van der Waals surface area contributed by atoms with E-state index in [-0.39, 0.29) is 42.8 Å². The van der Waals surface area contributed by atoms with Crippen molar-refractivity contribution in [2.24, 2.45) is 11.8 Å². The number of esters is 1. The minimum atomic E-state index is -1.68. The average Bonchev–Trinajstić information content (AvgIpc) is 3.07. The first-order chi connectivity index (χ1) is 22.5. The zero-order valence-electron chi connectivity index (χ0n) is 26.8. The molecule has 0 bridgehead atoms. The molecule has 0 aliphatic carbocycles. The fraction of sp³-hybridized carbons (Fsp3) is 0.636. The van der Waals surface area contributed by atoms with E-state index in [1.54, 1.807) is 24.3 Å². The number of Topliss-reactive ketones (excluding diaryl/α,β-unsaturated/α-hetero) is 1. The number of aliphatic hydroxyl groups is 4. The first-order valence-electron chi connectivity index (χ1n) is 15.6. The summed E-state index contributed by atoms with van der Waals surface area (Å²) in [6.45, 7) is 3.27. The summed E-state index contributed by atoms with van der Waals surface area (Å²) in [5.74, 6) is -3.00. The van der Waals surface area contributed by atoms with Crippen LogP contribution in [0.5, 0.6) is 5.75 Å². The second-order valence-corrected chi connectivity index (χ2v) is 12.1. The van der Waals surface area contributed by atoms with Gasteiger partial charge in [0, 0.05) is 51.7 Å². The minimum Gasteiger partial charge on any atom is -0.508 e. The summed E-state index contributed by atoms with van der Waals surface area (Å²) in [6.07, 6.45) is -5.59. The molecule has 5 N–H and O–H groups in total. The van der Waals surface area contributed by atoms with E-state index in [2.05, 4.69) is 6.58 Å². The number of aryl methyl sites for hydroxylation is 1. The number of rotatable bonds is 14. The molecule has 0 radical (unpaired) electrons. The van der Waals surface area contributed by atoms with Crippen molar-refractivity contribution in [2.45, 2.75) is 93.5 Å². The Morgan fingerprint density at radius 2 is 1.66 bits per heavy atom. The van der Waals surface area contributed by atoms with Crippen LogP contribution in [0.4, 0.5) is 0 Å². The number of ketones is 1. The molecule has 10 atom stereocenters. The van der Waals surface area contributed by atoms with Gasteiger partial charge in [-0.3, -0.25) is 4.79 Å². The Morgan fingerprint density at radius 1 is 0.979 bits per heavy atom. The highest BCUT2D eigenvalue weighted by molar-refractivity contribution is 5.89. The molecule has 14 heteroatoms. The van der Waals surface area contributed by atoms with Crippen molar-refractivity contribution >= 4 is 11.8 Å². The van der Waals surface area contributed by atoms with E-state index >= 15 is 0 Å². The number of aromatic hydroxyl groups is 1. The predicted molar refractivity (Wildman–Crippen MR) is 162 cm³/mol. The monoisotopic (exact) mass is 666 g/mol. The highest BCUT2D eigenvalue weighted by Gasteiger charge is 2.49. The van der Waals surface area contributed by atoms with Crippen LogP contribution in [-0.4, -0.2) is 120 Å². The van der Waals surface area contributed by atoms with E-state index in [0.717, 1.165) is 5.56 Å². The Morgan fingerprint density at radius 3 is 2.28 bits per heavy atom. The summed E-state index contributed by atoms with van der Waals surface area (Å²) < 4.78 is 40.2.